The van der Waals surface area contributed by atoms with Crippen molar-refractivity contribution in [2.24, 2.45) is 5.41 Å². The van der Waals surface area contributed by atoms with Crippen LogP contribution in [-0.4, -0.2) is 5.33 Å². The number of hydrogen-bond donors (Lipinski definition) is 0. The highest BCUT2D eigenvalue weighted by Crippen LogP contribution is 2.25. The third-order valence-corrected chi connectivity index (χ3v) is 3.08. The van der Waals surface area contributed by atoms with Crippen molar-refractivity contribution < 1.29 is 0 Å². The van der Waals surface area contributed by atoms with E-state index in [0.717, 1.165) is 18.2 Å². The van der Waals surface area contributed by atoms with Crippen molar-refractivity contribution >= 4 is 15.9 Å². The van der Waals surface area contributed by atoms with Gasteiger partial charge < -0.3 is 0 Å². The van der Waals surface area contributed by atoms with Crippen LogP contribution in [0.2, 0.25) is 0 Å². The highest BCUT2D eigenvalue weighted by atomic mass is 79.9. The summed E-state index contributed by atoms with van der Waals surface area (Å²) >= 11 is 3.47. The predicted octanol–water partition coefficient (Wildman–Crippen LogP) is 5.66. The Kier molecular flexibility index (Phi) is 9.71. The predicted molar refractivity (Wildman–Crippen MR) is 79.1 cm³/mol. The first kappa shape index (κ1) is 15.7. The van der Waals surface area contributed by atoms with E-state index in [0.29, 0.717) is 5.41 Å². The summed E-state index contributed by atoms with van der Waals surface area (Å²) < 4.78 is 0. The lowest BCUT2D eigenvalue weighted by Crippen LogP contribution is -2.06. The van der Waals surface area contributed by atoms with Crippen molar-refractivity contribution in [1.29, 1.82) is 0 Å². The van der Waals surface area contributed by atoms with Crippen LogP contribution in [0.3, 0.4) is 0 Å². The highest BCUT2D eigenvalue weighted by Gasteiger charge is 2.11. The van der Waals surface area contributed by atoms with Crippen LogP contribution in [-0.2, 0) is 0 Å². The van der Waals surface area contributed by atoms with Gasteiger partial charge in [0.15, 0.2) is 0 Å². The third-order valence-electron chi connectivity index (χ3n) is 2.52. The SMILES string of the molecule is C=CC/C=C\C/C=C\C(C)(C)CCCCBr. The first-order valence-electron chi connectivity index (χ1n) is 6.12. The summed E-state index contributed by atoms with van der Waals surface area (Å²) in [6.45, 7) is 8.31. The molecule has 0 N–H and O–H groups in total. The molecule has 0 aliphatic heterocycles. The molecule has 0 aromatic heterocycles. The lowest BCUT2D eigenvalue weighted by molar-refractivity contribution is 0.419. The van der Waals surface area contributed by atoms with E-state index in [2.05, 4.69) is 60.7 Å². The summed E-state index contributed by atoms with van der Waals surface area (Å²) in [6.07, 6.45) is 16.8. The maximum atomic E-state index is 3.69. The average molecular weight is 285 g/mol. The van der Waals surface area contributed by atoms with Gasteiger partial charge in [0.05, 0.1) is 0 Å². The molecule has 0 aliphatic carbocycles. The van der Waals surface area contributed by atoms with Gasteiger partial charge in [-0.1, -0.05) is 66.6 Å². The minimum absolute atomic E-state index is 0.342. The fourth-order valence-corrected chi connectivity index (χ4v) is 1.91. The minimum Gasteiger partial charge on any atom is -0.103 e. The molecule has 1 heteroatoms. The molecule has 0 aliphatic rings. The standard InChI is InChI=1S/C15H25Br/c1-4-5-6-7-8-9-12-15(2,3)13-10-11-14-16/h4,6-7,9,12H,1,5,8,10-11,13-14H2,2-3H3/b7-6-,12-9-. The van der Waals surface area contributed by atoms with E-state index in [1.165, 1.54) is 19.3 Å². The van der Waals surface area contributed by atoms with Crippen molar-refractivity contribution in [1.82, 2.24) is 0 Å². The van der Waals surface area contributed by atoms with Crippen LogP contribution in [0.5, 0.6) is 0 Å². The molecule has 92 valence electrons. The molecule has 0 bridgehead atoms. The summed E-state index contributed by atoms with van der Waals surface area (Å²) in [6, 6.07) is 0. The normalized spacial score (nSPS) is 12.7. The van der Waals surface area contributed by atoms with Crippen molar-refractivity contribution in [3.63, 3.8) is 0 Å². The largest absolute Gasteiger partial charge is 0.103 e. The van der Waals surface area contributed by atoms with Crippen LogP contribution >= 0.6 is 15.9 Å². The Morgan fingerprint density at radius 2 is 1.75 bits per heavy atom. The van der Waals surface area contributed by atoms with Gasteiger partial charge in [0.1, 0.15) is 0 Å². The number of allylic oxidation sites excluding steroid dienone is 5. The van der Waals surface area contributed by atoms with Gasteiger partial charge in [0.2, 0.25) is 0 Å². The van der Waals surface area contributed by atoms with Gasteiger partial charge in [-0.2, -0.15) is 0 Å². The molecule has 0 amide bonds. The molecule has 0 saturated heterocycles. The average Bonchev–Trinajstić information content (AvgIpc) is 2.23. The Hall–Kier alpha value is -0.300. The molecule has 0 saturated carbocycles. The van der Waals surface area contributed by atoms with Gasteiger partial charge in [-0.15, -0.1) is 6.58 Å². The quantitative estimate of drug-likeness (QED) is 0.291. The molecular formula is C15H25Br. The number of alkyl halides is 1. The molecule has 0 unspecified atom stereocenters. The topological polar surface area (TPSA) is 0 Å². The van der Waals surface area contributed by atoms with Crippen LogP contribution in [0.15, 0.2) is 37.0 Å². The minimum atomic E-state index is 0.342. The molecule has 0 radical (unpaired) electrons. The molecule has 0 heterocycles. The van der Waals surface area contributed by atoms with E-state index in [1.807, 2.05) is 6.08 Å². The first-order valence-corrected chi connectivity index (χ1v) is 7.24. The van der Waals surface area contributed by atoms with Gasteiger partial charge >= 0.3 is 0 Å². The molecule has 0 rings (SSSR count). The summed E-state index contributed by atoms with van der Waals surface area (Å²) in [5, 5.41) is 1.12. The van der Waals surface area contributed by atoms with Crippen LogP contribution < -0.4 is 0 Å². The third kappa shape index (κ3) is 10.2. The lowest BCUT2D eigenvalue weighted by atomic mass is 9.87. The second-order valence-corrected chi connectivity index (χ2v) is 5.56. The number of halogens is 1. The number of unbranched alkanes of at least 4 members (excludes halogenated alkanes) is 1. The fourth-order valence-electron chi connectivity index (χ4n) is 1.51. The second kappa shape index (κ2) is 9.89. The first-order chi connectivity index (χ1) is 7.62. The monoisotopic (exact) mass is 284 g/mol. The van der Waals surface area contributed by atoms with Crippen molar-refractivity contribution in [2.75, 3.05) is 5.33 Å². The fraction of sp³-hybridized carbons (Fsp3) is 0.600. The van der Waals surface area contributed by atoms with E-state index in [9.17, 15) is 0 Å². The molecule has 0 fully saturated rings. The Bertz CT molecular complexity index is 224. The molecule has 0 aromatic carbocycles. The summed E-state index contributed by atoms with van der Waals surface area (Å²) in [5.41, 5.74) is 0.342. The van der Waals surface area contributed by atoms with Gasteiger partial charge in [0, 0.05) is 5.33 Å². The molecular weight excluding hydrogens is 260 g/mol. The zero-order valence-corrected chi connectivity index (χ0v) is 12.3. The van der Waals surface area contributed by atoms with Crippen molar-refractivity contribution in [3.05, 3.63) is 37.0 Å². The van der Waals surface area contributed by atoms with E-state index in [4.69, 9.17) is 0 Å². The van der Waals surface area contributed by atoms with E-state index >= 15 is 0 Å². The Morgan fingerprint density at radius 1 is 1.06 bits per heavy atom. The van der Waals surface area contributed by atoms with Crippen LogP contribution in [0.25, 0.3) is 0 Å². The van der Waals surface area contributed by atoms with Crippen LogP contribution in [0, 0.1) is 5.41 Å². The van der Waals surface area contributed by atoms with Crippen LogP contribution in [0.1, 0.15) is 46.0 Å². The maximum Gasteiger partial charge on any atom is 0.00313 e. The summed E-state index contributed by atoms with van der Waals surface area (Å²) in [4.78, 5) is 0. The molecule has 0 spiro atoms. The van der Waals surface area contributed by atoms with E-state index in [1.54, 1.807) is 0 Å². The number of hydrogen-bond acceptors (Lipinski definition) is 0. The Morgan fingerprint density at radius 3 is 2.38 bits per heavy atom. The number of rotatable bonds is 9. The lowest BCUT2D eigenvalue weighted by Gasteiger charge is -2.19. The smallest absolute Gasteiger partial charge is 0.00313 e. The molecule has 0 atom stereocenters. The highest BCUT2D eigenvalue weighted by molar-refractivity contribution is 9.09. The van der Waals surface area contributed by atoms with E-state index in [-0.39, 0.29) is 0 Å². The molecule has 0 nitrogen and oxygen atoms in total. The van der Waals surface area contributed by atoms with Crippen molar-refractivity contribution in [3.8, 4) is 0 Å². The summed E-state index contributed by atoms with van der Waals surface area (Å²) in [5.74, 6) is 0. The maximum absolute atomic E-state index is 3.69. The van der Waals surface area contributed by atoms with Crippen LogP contribution in [0.4, 0.5) is 0 Å². The zero-order chi connectivity index (χ0) is 12.3. The van der Waals surface area contributed by atoms with E-state index < -0.39 is 0 Å². The summed E-state index contributed by atoms with van der Waals surface area (Å²) in [7, 11) is 0. The molecule has 16 heavy (non-hydrogen) atoms. The van der Waals surface area contributed by atoms with Gasteiger partial charge in [0.25, 0.3) is 0 Å². The zero-order valence-electron chi connectivity index (χ0n) is 10.7. The van der Waals surface area contributed by atoms with Crippen molar-refractivity contribution in [2.45, 2.75) is 46.0 Å². The van der Waals surface area contributed by atoms with Gasteiger partial charge in [-0.3, -0.25) is 0 Å². The Labute approximate surface area is 110 Å². The van der Waals surface area contributed by atoms with Gasteiger partial charge in [-0.25, -0.2) is 0 Å². The van der Waals surface area contributed by atoms with Gasteiger partial charge in [-0.05, 0) is 31.1 Å². The molecule has 0 aromatic rings. The Balaban J connectivity index is 3.76. The second-order valence-electron chi connectivity index (χ2n) is 4.77.